The van der Waals surface area contributed by atoms with Crippen LogP contribution in [0.2, 0.25) is 0 Å². The van der Waals surface area contributed by atoms with Gasteiger partial charge in [0.2, 0.25) is 0 Å². The average molecular weight is 204 g/mol. The molecule has 0 bridgehead atoms. The van der Waals surface area contributed by atoms with Crippen molar-refractivity contribution >= 4 is 5.78 Å². The lowest BCUT2D eigenvalue weighted by Crippen LogP contribution is -2.11. The Morgan fingerprint density at radius 1 is 1.33 bits per heavy atom. The number of aliphatic hydroxyl groups is 1. The first-order valence-electron chi connectivity index (χ1n) is 5.53. The average Bonchev–Trinajstić information content (AvgIpc) is 3.10. The van der Waals surface area contributed by atoms with Gasteiger partial charge in [0.05, 0.1) is 0 Å². The number of carbonyl (C=O) groups excluding carboxylic acids is 1. The van der Waals surface area contributed by atoms with Gasteiger partial charge in [-0.25, -0.2) is 0 Å². The fourth-order valence-corrected chi connectivity index (χ4v) is 1.71. The van der Waals surface area contributed by atoms with E-state index in [0.717, 1.165) is 12.3 Å². The molecule has 2 rings (SSSR count). The fourth-order valence-electron chi connectivity index (χ4n) is 1.71. The largest absolute Gasteiger partial charge is 0.381 e. The smallest absolute Gasteiger partial charge is 0.165 e. The van der Waals surface area contributed by atoms with E-state index in [1.54, 1.807) is 12.1 Å². The van der Waals surface area contributed by atoms with E-state index in [2.05, 4.69) is 0 Å². The zero-order valence-electron chi connectivity index (χ0n) is 8.73. The SMILES string of the molecule is O=C(CCC1CC1)C(O)c1ccccc1. The summed E-state index contributed by atoms with van der Waals surface area (Å²) in [5.41, 5.74) is 0.707. The molecule has 1 aromatic carbocycles. The van der Waals surface area contributed by atoms with Crippen LogP contribution in [0.1, 0.15) is 37.4 Å². The zero-order chi connectivity index (χ0) is 10.7. The Kier molecular flexibility index (Phi) is 3.17. The third-order valence-corrected chi connectivity index (χ3v) is 2.92. The minimum absolute atomic E-state index is 0.0481. The molecule has 0 aliphatic heterocycles. The standard InChI is InChI=1S/C13H16O2/c14-12(9-8-10-6-7-10)13(15)11-4-2-1-3-5-11/h1-5,10,13,15H,6-9H2. The molecule has 1 atom stereocenters. The topological polar surface area (TPSA) is 37.3 Å². The van der Waals surface area contributed by atoms with Gasteiger partial charge in [-0.15, -0.1) is 0 Å². The van der Waals surface area contributed by atoms with Gasteiger partial charge in [0.15, 0.2) is 5.78 Å². The summed E-state index contributed by atoms with van der Waals surface area (Å²) in [6.07, 6.45) is 3.05. The second-order valence-corrected chi connectivity index (χ2v) is 4.26. The van der Waals surface area contributed by atoms with E-state index in [1.807, 2.05) is 18.2 Å². The van der Waals surface area contributed by atoms with Crippen LogP contribution in [-0.4, -0.2) is 10.9 Å². The molecule has 0 saturated heterocycles. The maximum Gasteiger partial charge on any atom is 0.165 e. The Balaban J connectivity index is 1.88. The van der Waals surface area contributed by atoms with Crippen LogP contribution in [0.15, 0.2) is 30.3 Å². The first-order valence-corrected chi connectivity index (χ1v) is 5.53. The Labute approximate surface area is 89.9 Å². The molecule has 1 unspecified atom stereocenters. The van der Waals surface area contributed by atoms with Crippen LogP contribution < -0.4 is 0 Å². The molecule has 1 saturated carbocycles. The van der Waals surface area contributed by atoms with Crippen LogP contribution in [0.3, 0.4) is 0 Å². The third kappa shape index (κ3) is 2.90. The number of ketones is 1. The molecule has 0 heterocycles. The monoisotopic (exact) mass is 204 g/mol. The Morgan fingerprint density at radius 2 is 2.00 bits per heavy atom. The van der Waals surface area contributed by atoms with E-state index in [-0.39, 0.29) is 5.78 Å². The van der Waals surface area contributed by atoms with E-state index in [1.165, 1.54) is 12.8 Å². The lowest BCUT2D eigenvalue weighted by molar-refractivity contribution is -0.127. The van der Waals surface area contributed by atoms with Crippen molar-refractivity contribution in [2.75, 3.05) is 0 Å². The van der Waals surface area contributed by atoms with Crippen LogP contribution in [0, 0.1) is 5.92 Å². The van der Waals surface area contributed by atoms with Gasteiger partial charge in [0, 0.05) is 6.42 Å². The van der Waals surface area contributed by atoms with Gasteiger partial charge >= 0.3 is 0 Å². The summed E-state index contributed by atoms with van der Waals surface area (Å²) >= 11 is 0. The van der Waals surface area contributed by atoms with Crippen LogP contribution in [-0.2, 0) is 4.79 Å². The molecule has 80 valence electrons. The summed E-state index contributed by atoms with van der Waals surface area (Å²) in [4.78, 5) is 11.6. The van der Waals surface area contributed by atoms with Crippen molar-refractivity contribution < 1.29 is 9.90 Å². The number of benzene rings is 1. The quantitative estimate of drug-likeness (QED) is 0.800. The van der Waals surface area contributed by atoms with Gasteiger partial charge in [-0.1, -0.05) is 43.2 Å². The second kappa shape index (κ2) is 4.58. The number of hydrogen-bond acceptors (Lipinski definition) is 2. The molecule has 0 aromatic heterocycles. The number of carbonyl (C=O) groups is 1. The molecule has 0 radical (unpaired) electrons. The first kappa shape index (κ1) is 10.4. The molecule has 1 aromatic rings. The Hall–Kier alpha value is -1.15. The van der Waals surface area contributed by atoms with Crippen molar-refractivity contribution in [1.29, 1.82) is 0 Å². The third-order valence-electron chi connectivity index (χ3n) is 2.92. The Morgan fingerprint density at radius 3 is 2.60 bits per heavy atom. The lowest BCUT2D eigenvalue weighted by atomic mass is 10.0. The van der Waals surface area contributed by atoms with Crippen molar-refractivity contribution in [3.05, 3.63) is 35.9 Å². The summed E-state index contributed by atoms with van der Waals surface area (Å²) in [7, 11) is 0. The van der Waals surface area contributed by atoms with Gasteiger partial charge < -0.3 is 5.11 Å². The van der Waals surface area contributed by atoms with E-state index < -0.39 is 6.10 Å². The molecular formula is C13H16O2. The van der Waals surface area contributed by atoms with Crippen molar-refractivity contribution in [2.24, 2.45) is 5.92 Å². The second-order valence-electron chi connectivity index (χ2n) is 4.26. The van der Waals surface area contributed by atoms with Crippen LogP contribution in [0.25, 0.3) is 0 Å². The van der Waals surface area contributed by atoms with Gasteiger partial charge in [-0.3, -0.25) is 4.79 Å². The van der Waals surface area contributed by atoms with Gasteiger partial charge in [-0.2, -0.15) is 0 Å². The summed E-state index contributed by atoms with van der Waals surface area (Å²) in [5.74, 6) is 0.699. The van der Waals surface area contributed by atoms with Crippen LogP contribution in [0.5, 0.6) is 0 Å². The minimum atomic E-state index is -0.926. The maximum atomic E-state index is 11.6. The number of rotatable bonds is 5. The predicted octanol–water partition coefficient (Wildman–Crippen LogP) is 2.48. The molecule has 1 fully saturated rings. The van der Waals surface area contributed by atoms with E-state index in [9.17, 15) is 9.90 Å². The van der Waals surface area contributed by atoms with Crippen LogP contribution >= 0.6 is 0 Å². The van der Waals surface area contributed by atoms with Gasteiger partial charge in [0.25, 0.3) is 0 Å². The predicted molar refractivity (Wildman–Crippen MR) is 58.4 cm³/mol. The van der Waals surface area contributed by atoms with E-state index in [4.69, 9.17) is 0 Å². The summed E-state index contributed by atoms with van der Waals surface area (Å²) in [6.45, 7) is 0. The fraction of sp³-hybridized carbons (Fsp3) is 0.462. The molecule has 2 heteroatoms. The number of hydrogen-bond donors (Lipinski definition) is 1. The molecule has 1 aliphatic carbocycles. The summed E-state index contributed by atoms with van der Waals surface area (Å²) in [6, 6.07) is 9.14. The highest BCUT2D eigenvalue weighted by Gasteiger charge is 2.24. The van der Waals surface area contributed by atoms with E-state index >= 15 is 0 Å². The minimum Gasteiger partial charge on any atom is -0.381 e. The van der Waals surface area contributed by atoms with Gasteiger partial charge in [0.1, 0.15) is 6.10 Å². The molecule has 1 aliphatic rings. The highest BCUT2D eigenvalue weighted by atomic mass is 16.3. The zero-order valence-corrected chi connectivity index (χ0v) is 8.73. The number of Topliss-reactive ketones (excluding diaryl/α,β-unsaturated/α-hetero) is 1. The Bertz CT molecular complexity index is 328. The number of aliphatic hydroxyl groups excluding tert-OH is 1. The molecule has 2 nitrogen and oxygen atoms in total. The van der Waals surface area contributed by atoms with Crippen LogP contribution in [0.4, 0.5) is 0 Å². The summed E-state index contributed by atoms with van der Waals surface area (Å²) < 4.78 is 0. The van der Waals surface area contributed by atoms with Gasteiger partial charge in [-0.05, 0) is 17.9 Å². The van der Waals surface area contributed by atoms with Crippen molar-refractivity contribution in [3.63, 3.8) is 0 Å². The normalized spacial score (nSPS) is 17.4. The maximum absolute atomic E-state index is 11.6. The lowest BCUT2D eigenvalue weighted by Gasteiger charge is -2.09. The molecule has 0 amide bonds. The first-order chi connectivity index (χ1) is 7.27. The van der Waals surface area contributed by atoms with Crippen molar-refractivity contribution in [1.82, 2.24) is 0 Å². The molecule has 0 spiro atoms. The molecule has 15 heavy (non-hydrogen) atoms. The van der Waals surface area contributed by atoms with E-state index in [0.29, 0.717) is 12.0 Å². The van der Waals surface area contributed by atoms with Crippen molar-refractivity contribution in [3.8, 4) is 0 Å². The molecule has 1 N–H and O–H groups in total. The van der Waals surface area contributed by atoms with Crippen molar-refractivity contribution in [2.45, 2.75) is 31.8 Å². The molecular weight excluding hydrogens is 188 g/mol. The highest BCUT2D eigenvalue weighted by molar-refractivity contribution is 5.84. The highest BCUT2D eigenvalue weighted by Crippen LogP contribution is 2.34. The summed E-state index contributed by atoms with van der Waals surface area (Å²) in [5, 5.41) is 9.77.